The Morgan fingerprint density at radius 1 is 0.840 bits per heavy atom. The van der Waals surface area contributed by atoms with Crippen molar-refractivity contribution in [3.05, 3.63) is 96.1 Å². The van der Waals surface area contributed by atoms with E-state index in [-0.39, 0.29) is 0 Å². The van der Waals surface area contributed by atoms with Crippen molar-refractivity contribution in [3.8, 4) is 11.3 Å². The van der Waals surface area contributed by atoms with E-state index in [2.05, 4.69) is 34.9 Å². The molecule has 4 rings (SSSR count). The molecular formula is C22H17NO2. The van der Waals surface area contributed by atoms with Gasteiger partial charge < -0.3 is 9.67 Å². The van der Waals surface area contributed by atoms with Gasteiger partial charge in [-0.05, 0) is 35.4 Å². The molecule has 0 radical (unpaired) electrons. The Bertz CT molecular complexity index is 1030. The van der Waals surface area contributed by atoms with Gasteiger partial charge in [0.25, 0.3) is 0 Å². The number of aromatic nitrogens is 1. The van der Waals surface area contributed by atoms with E-state index in [1.54, 1.807) is 12.1 Å². The standard InChI is InChI=1S/C22H17NO2/c24-22(25)18-12-10-16(11-13-18)15-23-20-9-5-4-8-19(20)14-21(23)17-6-2-1-3-7-17/h1-14H,15H2,(H,24,25). The molecule has 3 heteroatoms. The molecule has 0 aliphatic carbocycles. The second-order valence-electron chi connectivity index (χ2n) is 6.04. The van der Waals surface area contributed by atoms with Crippen molar-refractivity contribution < 1.29 is 9.90 Å². The lowest BCUT2D eigenvalue weighted by Crippen LogP contribution is -2.02. The van der Waals surface area contributed by atoms with Crippen LogP contribution in [0.15, 0.2) is 84.9 Å². The topological polar surface area (TPSA) is 42.2 Å². The number of nitrogens with zero attached hydrogens (tertiary/aromatic N) is 1. The zero-order chi connectivity index (χ0) is 17.2. The summed E-state index contributed by atoms with van der Waals surface area (Å²) < 4.78 is 2.28. The number of rotatable bonds is 4. The Hall–Kier alpha value is -3.33. The first-order valence-electron chi connectivity index (χ1n) is 8.18. The Kier molecular flexibility index (Phi) is 3.82. The smallest absolute Gasteiger partial charge is 0.335 e. The molecule has 0 aliphatic rings. The average molecular weight is 327 g/mol. The number of fused-ring (bicyclic) bond motifs is 1. The molecule has 0 bridgehead atoms. The van der Waals surface area contributed by atoms with Crippen LogP contribution in [0.5, 0.6) is 0 Å². The van der Waals surface area contributed by atoms with E-state index in [0.29, 0.717) is 12.1 Å². The molecule has 0 spiro atoms. The Balaban J connectivity index is 1.81. The Labute approximate surface area is 145 Å². The molecule has 0 saturated carbocycles. The molecule has 3 nitrogen and oxygen atoms in total. The maximum absolute atomic E-state index is 11.0. The van der Waals surface area contributed by atoms with E-state index in [9.17, 15) is 4.79 Å². The number of carboxylic acid groups (broad SMARTS) is 1. The van der Waals surface area contributed by atoms with Gasteiger partial charge in [-0.25, -0.2) is 4.79 Å². The monoisotopic (exact) mass is 327 g/mol. The van der Waals surface area contributed by atoms with Crippen molar-refractivity contribution >= 4 is 16.9 Å². The van der Waals surface area contributed by atoms with Crippen molar-refractivity contribution in [1.29, 1.82) is 0 Å². The summed E-state index contributed by atoms with van der Waals surface area (Å²) in [6, 6.07) is 27.9. The predicted octanol–water partition coefficient (Wildman–Crippen LogP) is 5.05. The van der Waals surface area contributed by atoms with Gasteiger partial charge in [0.2, 0.25) is 0 Å². The van der Waals surface area contributed by atoms with Crippen molar-refractivity contribution in [1.82, 2.24) is 4.57 Å². The summed E-state index contributed by atoms with van der Waals surface area (Å²) in [5, 5.41) is 10.3. The predicted molar refractivity (Wildman–Crippen MR) is 99.9 cm³/mol. The van der Waals surface area contributed by atoms with Gasteiger partial charge in [0.1, 0.15) is 0 Å². The lowest BCUT2D eigenvalue weighted by molar-refractivity contribution is 0.0697. The molecule has 0 unspecified atom stereocenters. The minimum absolute atomic E-state index is 0.310. The fraction of sp³-hybridized carbons (Fsp3) is 0.0455. The quantitative estimate of drug-likeness (QED) is 0.569. The summed E-state index contributed by atoms with van der Waals surface area (Å²) in [5.74, 6) is -0.900. The first kappa shape index (κ1) is 15.2. The first-order chi connectivity index (χ1) is 12.2. The number of hydrogen-bond acceptors (Lipinski definition) is 1. The van der Waals surface area contributed by atoms with Gasteiger partial charge >= 0.3 is 5.97 Å². The first-order valence-corrected chi connectivity index (χ1v) is 8.18. The largest absolute Gasteiger partial charge is 0.478 e. The van der Waals surface area contributed by atoms with Gasteiger partial charge in [-0.2, -0.15) is 0 Å². The van der Waals surface area contributed by atoms with Crippen molar-refractivity contribution in [2.75, 3.05) is 0 Å². The second kappa shape index (κ2) is 6.29. The van der Waals surface area contributed by atoms with E-state index >= 15 is 0 Å². The number of para-hydroxylation sites is 1. The molecule has 0 saturated heterocycles. The van der Waals surface area contributed by atoms with E-state index in [1.165, 1.54) is 16.5 Å². The van der Waals surface area contributed by atoms with E-state index in [4.69, 9.17) is 5.11 Å². The molecule has 122 valence electrons. The summed E-state index contributed by atoms with van der Waals surface area (Å²) in [5.41, 5.74) is 4.88. The summed E-state index contributed by atoms with van der Waals surface area (Å²) in [7, 11) is 0. The molecule has 1 aromatic heterocycles. The molecular weight excluding hydrogens is 310 g/mol. The number of carboxylic acids is 1. The summed E-state index contributed by atoms with van der Waals surface area (Å²) >= 11 is 0. The molecule has 1 N–H and O–H groups in total. The summed E-state index contributed by atoms with van der Waals surface area (Å²) in [6.07, 6.45) is 0. The summed E-state index contributed by atoms with van der Waals surface area (Å²) in [4.78, 5) is 11.0. The Morgan fingerprint density at radius 3 is 2.24 bits per heavy atom. The van der Waals surface area contributed by atoms with Crippen LogP contribution in [0.3, 0.4) is 0 Å². The molecule has 0 amide bonds. The maximum atomic E-state index is 11.0. The van der Waals surface area contributed by atoms with E-state index in [1.807, 2.05) is 42.5 Å². The van der Waals surface area contributed by atoms with Crippen LogP contribution in [0.25, 0.3) is 22.2 Å². The highest BCUT2D eigenvalue weighted by molar-refractivity contribution is 5.88. The lowest BCUT2D eigenvalue weighted by Gasteiger charge is -2.11. The van der Waals surface area contributed by atoms with Gasteiger partial charge in [-0.3, -0.25) is 0 Å². The molecule has 3 aromatic carbocycles. The van der Waals surface area contributed by atoms with Crippen LogP contribution in [0.1, 0.15) is 15.9 Å². The minimum Gasteiger partial charge on any atom is -0.478 e. The van der Waals surface area contributed by atoms with Gasteiger partial charge in [-0.15, -0.1) is 0 Å². The molecule has 4 aromatic rings. The molecule has 1 heterocycles. The van der Waals surface area contributed by atoms with Gasteiger partial charge in [0, 0.05) is 23.1 Å². The van der Waals surface area contributed by atoms with Crippen molar-refractivity contribution in [2.45, 2.75) is 6.54 Å². The van der Waals surface area contributed by atoms with Crippen LogP contribution < -0.4 is 0 Å². The van der Waals surface area contributed by atoms with Gasteiger partial charge in [0.15, 0.2) is 0 Å². The molecule has 25 heavy (non-hydrogen) atoms. The normalized spacial score (nSPS) is 10.9. The highest BCUT2D eigenvalue weighted by atomic mass is 16.4. The highest BCUT2D eigenvalue weighted by Crippen LogP contribution is 2.29. The van der Waals surface area contributed by atoms with E-state index < -0.39 is 5.97 Å². The SMILES string of the molecule is O=C(O)c1ccc(Cn2c(-c3ccccc3)cc3ccccc32)cc1. The van der Waals surface area contributed by atoms with Crippen LogP contribution >= 0.6 is 0 Å². The van der Waals surface area contributed by atoms with Crippen LogP contribution in [0.4, 0.5) is 0 Å². The fourth-order valence-corrected chi connectivity index (χ4v) is 3.16. The number of hydrogen-bond donors (Lipinski definition) is 1. The number of aromatic carboxylic acids is 1. The third kappa shape index (κ3) is 2.92. The van der Waals surface area contributed by atoms with Gasteiger partial charge in [0.05, 0.1) is 5.56 Å². The van der Waals surface area contributed by atoms with Crippen LogP contribution in [0, 0.1) is 0 Å². The average Bonchev–Trinajstić information content (AvgIpc) is 3.02. The van der Waals surface area contributed by atoms with E-state index in [0.717, 1.165) is 11.3 Å². The number of carbonyl (C=O) groups is 1. The lowest BCUT2D eigenvalue weighted by atomic mass is 10.1. The van der Waals surface area contributed by atoms with Crippen molar-refractivity contribution in [2.24, 2.45) is 0 Å². The number of benzene rings is 3. The van der Waals surface area contributed by atoms with Crippen LogP contribution in [0.2, 0.25) is 0 Å². The molecule has 0 aliphatic heterocycles. The fourth-order valence-electron chi connectivity index (χ4n) is 3.16. The molecule has 0 fully saturated rings. The molecule has 0 atom stereocenters. The second-order valence-corrected chi connectivity index (χ2v) is 6.04. The zero-order valence-corrected chi connectivity index (χ0v) is 13.6. The van der Waals surface area contributed by atoms with Crippen LogP contribution in [-0.2, 0) is 6.54 Å². The Morgan fingerprint density at radius 2 is 1.52 bits per heavy atom. The third-order valence-electron chi connectivity index (χ3n) is 4.42. The zero-order valence-electron chi connectivity index (χ0n) is 13.6. The minimum atomic E-state index is -0.900. The summed E-state index contributed by atoms with van der Waals surface area (Å²) in [6.45, 7) is 0.692. The van der Waals surface area contributed by atoms with Crippen molar-refractivity contribution in [3.63, 3.8) is 0 Å². The van der Waals surface area contributed by atoms with Gasteiger partial charge in [-0.1, -0.05) is 60.7 Å². The maximum Gasteiger partial charge on any atom is 0.335 e. The third-order valence-corrected chi connectivity index (χ3v) is 4.42. The van der Waals surface area contributed by atoms with Crippen LogP contribution in [-0.4, -0.2) is 15.6 Å². The highest BCUT2D eigenvalue weighted by Gasteiger charge is 2.11.